The van der Waals surface area contributed by atoms with Crippen molar-refractivity contribution in [2.24, 2.45) is 0 Å². The van der Waals surface area contributed by atoms with Gasteiger partial charge in [-0.1, -0.05) is 38.1 Å². The molecule has 2 amide bonds. The Kier molecular flexibility index (Phi) is 7.00. The average molecular weight is 610 g/mol. The Morgan fingerprint density at radius 1 is 1.02 bits per heavy atom. The zero-order chi connectivity index (χ0) is 31.7. The minimum Gasteiger partial charge on any atom is -0.444 e. The van der Waals surface area contributed by atoms with Crippen LogP contribution >= 0.6 is 0 Å². The first-order valence-electron chi connectivity index (χ1n) is 15.8. The normalized spacial score (nSPS) is 22.0. The van der Waals surface area contributed by atoms with Crippen LogP contribution in [0.3, 0.4) is 0 Å². The standard InChI is InChI=1S/C36H40FN5O3/c1-35(2,3)45-34(44)42-19-22(37)17-31(42)33(43)39-23-10-12-25-24-11-8-20(15-26(24)36(4,5)27(25)18-23)21-9-13-28-30(16-21)41-32(40-28)29-7-6-14-38-29/h8-13,15-16,18,22,29,31,38H,6-7,14,17,19H2,1-5H3,(H,39,43)(H,40,41)/t22-,29-,31-/m0/s1. The molecule has 2 aliphatic heterocycles. The van der Waals surface area contributed by atoms with Crippen molar-refractivity contribution in [1.29, 1.82) is 0 Å². The van der Waals surface area contributed by atoms with E-state index in [1.54, 1.807) is 20.8 Å². The van der Waals surface area contributed by atoms with Crippen molar-refractivity contribution < 1.29 is 18.7 Å². The number of halogens is 1. The molecule has 3 heterocycles. The number of alkyl halides is 1. The van der Waals surface area contributed by atoms with Crippen molar-refractivity contribution >= 4 is 28.7 Å². The number of aromatic amines is 1. The zero-order valence-electron chi connectivity index (χ0n) is 26.5. The van der Waals surface area contributed by atoms with E-state index in [4.69, 9.17) is 9.72 Å². The maximum Gasteiger partial charge on any atom is 0.411 e. The van der Waals surface area contributed by atoms with Gasteiger partial charge in [-0.15, -0.1) is 0 Å². The van der Waals surface area contributed by atoms with Crippen molar-refractivity contribution in [2.75, 3.05) is 18.4 Å². The van der Waals surface area contributed by atoms with Crippen molar-refractivity contribution in [3.8, 4) is 22.3 Å². The molecule has 0 radical (unpaired) electrons. The number of carbonyl (C=O) groups is 2. The van der Waals surface area contributed by atoms with E-state index in [2.05, 4.69) is 65.9 Å². The molecular formula is C36H40FN5O3. The Morgan fingerprint density at radius 2 is 1.73 bits per heavy atom. The van der Waals surface area contributed by atoms with Crippen LogP contribution in [-0.2, 0) is 14.9 Å². The van der Waals surface area contributed by atoms with Gasteiger partial charge in [-0.2, -0.15) is 0 Å². The monoisotopic (exact) mass is 609 g/mol. The summed E-state index contributed by atoms with van der Waals surface area (Å²) in [6, 6.07) is 18.3. The summed E-state index contributed by atoms with van der Waals surface area (Å²) in [6.45, 7) is 10.5. The molecule has 3 atom stereocenters. The molecule has 234 valence electrons. The molecule has 0 spiro atoms. The van der Waals surface area contributed by atoms with Crippen molar-refractivity contribution in [3.05, 3.63) is 71.5 Å². The number of rotatable bonds is 4. The van der Waals surface area contributed by atoms with Gasteiger partial charge in [-0.05, 0) is 104 Å². The maximum absolute atomic E-state index is 14.4. The molecule has 0 bridgehead atoms. The molecule has 4 aromatic rings. The van der Waals surface area contributed by atoms with Gasteiger partial charge < -0.3 is 20.4 Å². The number of likely N-dealkylation sites (tertiary alicyclic amines) is 1. The molecule has 2 saturated heterocycles. The van der Waals surface area contributed by atoms with Gasteiger partial charge in [0.05, 0.1) is 23.6 Å². The van der Waals surface area contributed by atoms with Crippen LogP contribution in [-0.4, -0.2) is 57.8 Å². The van der Waals surface area contributed by atoms with Gasteiger partial charge in [-0.25, -0.2) is 14.2 Å². The zero-order valence-corrected chi connectivity index (χ0v) is 26.5. The van der Waals surface area contributed by atoms with Crippen LogP contribution < -0.4 is 10.6 Å². The molecule has 0 saturated carbocycles. The Labute approximate surface area is 262 Å². The van der Waals surface area contributed by atoms with E-state index in [1.165, 1.54) is 22.4 Å². The molecular weight excluding hydrogens is 569 g/mol. The van der Waals surface area contributed by atoms with Crippen LogP contribution in [0.1, 0.15) is 76.9 Å². The van der Waals surface area contributed by atoms with Crippen molar-refractivity contribution in [3.63, 3.8) is 0 Å². The summed E-state index contributed by atoms with van der Waals surface area (Å²) in [6.07, 6.45) is 0.250. The third kappa shape index (κ3) is 5.37. The summed E-state index contributed by atoms with van der Waals surface area (Å²) < 4.78 is 19.9. The highest BCUT2D eigenvalue weighted by Crippen LogP contribution is 2.50. The topological polar surface area (TPSA) is 99.3 Å². The molecule has 3 aromatic carbocycles. The van der Waals surface area contributed by atoms with Gasteiger partial charge in [0.1, 0.15) is 23.6 Å². The molecule has 2 fully saturated rings. The van der Waals surface area contributed by atoms with E-state index in [-0.39, 0.29) is 24.4 Å². The first-order valence-corrected chi connectivity index (χ1v) is 15.8. The lowest BCUT2D eigenvalue weighted by atomic mass is 9.81. The first-order chi connectivity index (χ1) is 21.4. The fourth-order valence-corrected chi connectivity index (χ4v) is 7.07. The Bertz CT molecular complexity index is 1820. The number of anilines is 1. The molecule has 3 aliphatic rings. The number of hydrogen-bond acceptors (Lipinski definition) is 5. The van der Waals surface area contributed by atoms with Crippen LogP contribution in [0.2, 0.25) is 0 Å². The number of benzene rings is 3. The van der Waals surface area contributed by atoms with E-state index in [1.807, 2.05) is 18.2 Å². The molecule has 7 rings (SSSR count). The molecule has 9 heteroatoms. The highest BCUT2D eigenvalue weighted by Gasteiger charge is 2.42. The predicted octanol–water partition coefficient (Wildman–Crippen LogP) is 7.25. The van der Waals surface area contributed by atoms with Crippen molar-refractivity contribution in [1.82, 2.24) is 20.2 Å². The van der Waals surface area contributed by atoms with E-state index >= 15 is 0 Å². The molecule has 1 aliphatic carbocycles. The maximum atomic E-state index is 14.4. The number of aromatic nitrogens is 2. The number of nitrogens with zero attached hydrogens (tertiary/aromatic N) is 2. The highest BCUT2D eigenvalue weighted by molar-refractivity contribution is 5.98. The van der Waals surface area contributed by atoms with Gasteiger partial charge >= 0.3 is 6.09 Å². The minimum absolute atomic E-state index is 0.0567. The van der Waals surface area contributed by atoms with Crippen LogP contribution in [0.5, 0.6) is 0 Å². The van der Waals surface area contributed by atoms with Crippen LogP contribution in [0.15, 0.2) is 54.6 Å². The second-order valence-corrected chi connectivity index (χ2v) is 14.1. The Balaban J connectivity index is 1.13. The highest BCUT2D eigenvalue weighted by atomic mass is 19.1. The average Bonchev–Trinajstić information content (AvgIpc) is 3.77. The van der Waals surface area contributed by atoms with Gasteiger partial charge in [0.2, 0.25) is 5.91 Å². The number of nitrogens with one attached hydrogen (secondary N) is 3. The summed E-state index contributed by atoms with van der Waals surface area (Å²) in [5.74, 6) is 0.584. The number of carbonyl (C=O) groups excluding carboxylic acids is 2. The third-order valence-electron chi connectivity index (χ3n) is 9.35. The number of H-pyrrole nitrogens is 1. The van der Waals surface area contributed by atoms with Crippen LogP contribution in [0, 0.1) is 0 Å². The van der Waals surface area contributed by atoms with E-state index in [0.717, 1.165) is 52.1 Å². The van der Waals surface area contributed by atoms with Crippen LogP contribution in [0.4, 0.5) is 14.9 Å². The summed E-state index contributed by atoms with van der Waals surface area (Å²) >= 11 is 0. The van der Waals surface area contributed by atoms with E-state index in [0.29, 0.717) is 5.69 Å². The van der Waals surface area contributed by atoms with Crippen LogP contribution in [0.25, 0.3) is 33.3 Å². The SMILES string of the molecule is CC(C)(C)OC(=O)N1C[C@@H](F)C[C@H]1C(=O)Nc1ccc2c(c1)C(C)(C)c1cc(-c3ccc4nc([C@@H]5CCCN5)[nH]c4c3)ccc1-2. The number of hydrogen-bond donors (Lipinski definition) is 3. The lowest BCUT2D eigenvalue weighted by Crippen LogP contribution is -2.45. The van der Waals surface area contributed by atoms with Gasteiger partial charge in [0.15, 0.2) is 0 Å². The quantitative estimate of drug-likeness (QED) is 0.226. The van der Waals surface area contributed by atoms with Gasteiger partial charge in [0, 0.05) is 17.5 Å². The minimum atomic E-state index is -1.28. The third-order valence-corrected chi connectivity index (χ3v) is 9.35. The number of amides is 2. The summed E-state index contributed by atoms with van der Waals surface area (Å²) in [4.78, 5) is 35.7. The number of imidazole rings is 1. The Hall–Kier alpha value is -4.24. The molecule has 3 N–H and O–H groups in total. The summed E-state index contributed by atoms with van der Waals surface area (Å²) in [7, 11) is 0. The molecule has 45 heavy (non-hydrogen) atoms. The fourth-order valence-electron chi connectivity index (χ4n) is 7.07. The lowest BCUT2D eigenvalue weighted by molar-refractivity contribution is -0.120. The van der Waals surface area contributed by atoms with E-state index in [9.17, 15) is 14.0 Å². The predicted molar refractivity (Wildman–Crippen MR) is 174 cm³/mol. The van der Waals surface area contributed by atoms with Gasteiger partial charge in [0.25, 0.3) is 0 Å². The molecule has 0 unspecified atom stereocenters. The lowest BCUT2D eigenvalue weighted by Gasteiger charge is -2.28. The molecule has 1 aromatic heterocycles. The molecule has 8 nitrogen and oxygen atoms in total. The Morgan fingerprint density at radius 3 is 2.47 bits per heavy atom. The second kappa shape index (κ2) is 10.7. The fraction of sp³-hybridized carbons (Fsp3) is 0.417. The van der Waals surface area contributed by atoms with Crippen molar-refractivity contribution in [2.45, 2.75) is 83.2 Å². The summed E-state index contributed by atoms with van der Waals surface area (Å²) in [5, 5.41) is 6.47. The smallest absolute Gasteiger partial charge is 0.411 e. The number of ether oxygens (including phenoxy) is 1. The summed E-state index contributed by atoms with van der Waals surface area (Å²) in [5.41, 5.74) is 8.42. The first kappa shape index (κ1) is 29.5. The van der Waals surface area contributed by atoms with Gasteiger partial charge in [-0.3, -0.25) is 9.69 Å². The largest absolute Gasteiger partial charge is 0.444 e. The second-order valence-electron chi connectivity index (χ2n) is 14.1. The van der Waals surface area contributed by atoms with E-state index < -0.39 is 29.8 Å². The number of fused-ring (bicyclic) bond motifs is 4.